The molecule has 2 unspecified atom stereocenters. The van der Waals surface area contributed by atoms with Crippen LogP contribution in [-0.2, 0) is 19.1 Å². The number of esters is 2. The van der Waals surface area contributed by atoms with E-state index in [1.165, 1.54) is 38.5 Å². The molecule has 28 heavy (non-hydrogen) atoms. The van der Waals surface area contributed by atoms with Crippen LogP contribution >= 0.6 is 0 Å². The Kier molecular flexibility index (Phi) is 15.0. The van der Waals surface area contributed by atoms with Crippen LogP contribution < -0.4 is 0 Å². The SMILES string of the molecule is CCCCCCOC(=O)C1CCCCCCCCC1C(=O)OCCCCCC. The van der Waals surface area contributed by atoms with Crippen molar-refractivity contribution in [2.75, 3.05) is 13.2 Å². The van der Waals surface area contributed by atoms with E-state index in [0.717, 1.165) is 64.2 Å². The first-order valence-electron chi connectivity index (χ1n) is 12.0. The van der Waals surface area contributed by atoms with Gasteiger partial charge in [-0.05, 0) is 25.7 Å². The van der Waals surface area contributed by atoms with Gasteiger partial charge in [0.15, 0.2) is 0 Å². The molecule has 1 rings (SSSR count). The molecule has 1 aliphatic carbocycles. The van der Waals surface area contributed by atoms with Crippen LogP contribution in [0.25, 0.3) is 0 Å². The van der Waals surface area contributed by atoms with Crippen LogP contribution in [0.15, 0.2) is 0 Å². The Morgan fingerprint density at radius 2 is 1.00 bits per heavy atom. The molecule has 1 fully saturated rings. The third-order valence-corrected chi connectivity index (χ3v) is 5.86. The topological polar surface area (TPSA) is 52.6 Å². The van der Waals surface area contributed by atoms with Gasteiger partial charge in [0, 0.05) is 0 Å². The molecular weight excluding hydrogens is 352 g/mol. The molecule has 0 aromatic heterocycles. The summed E-state index contributed by atoms with van der Waals surface area (Å²) in [5, 5.41) is 0. The Morgan fingerprint density at radius 3 is 1.39 bits per heavy atom. The summed E-state index contributed by atoms with van der Waals surface area (Å²) in [5.41, 5.74) is 0. The molecule has 0 N–H and O–H groups in total. The third kappa shape index (κ3) is 11.1. The maximum absolute atomic E-state index is 12.8. The van der Waals surface area contributed by atoms with Crippen molar-refractivity contribution in [3.63, 3.8) is 0 Å². The zero-order chi connectivity index (χ0) is 20.5. The number of hydrogen-bond acceptors (Lipinski definition) is 4. The largest absolute Gasteiger partial charge is 0.465 e. The van der Waals surface area contributed by atoms with Gasteiger partial charge in [0.2, 0.25) is 0 Å². The predicted molar refractivity (Wildman–Crippen MR) is 114 cm³/mol. The zero-order valence-electron chi connectivity index (χ0n) is 18.5. The average molecular weight is 397 g/mol. The van der Waals surface area contributed by atoms with Gasteiger partial charge in [0.05, 0.1) is 25.0 Å². The summed E-state index contributed by atoms with van der Waals surface area (Å²) in [7, 11) is 0. The van der Waals surface area contributed by atoms with Crippen LogP contribution in [0, 0.1) is 11.8 Å². The van der Waals surface area contributed by atoms with Crippen molar-refractivity contribution in [3.05, 3.63) is 0 Å². The van der Waals surface area contributed by atoms with Gasteiger partial charge in [-0.1, -0.05) is 90.9 Å². The molecule has 4 nitrogen and oxygen atoms in total. The second kappa shape index (κ2) is 16.9. The van der Waals surface area contributed by atoms with Crippen molar-refractivity contribution in [2.24, 2.45) is 11.8 Å². The van der Waals surface area contributed by atoms with E-state index >= 15 is 0 Å². The normalized spacial score (nSPS) is 21.1. The smallest absolute Gasteiger partial charge is 0.309 e. The summed E-state index contributed by atoms with van der Waals surface area (Å²) in [6.07, 6.45) is 16.9. The maximum atomic E-state index is 12.8. The molecule has 0 radical (unpaired) electrons. The highest BCUT2D eigenvalue weighted by molar-refractivity contribution is 5.82. The first-order valence-corrected chi connectivity index (χ1v) is 12.0. The molecular formula is C24H44O4. The molecule has 1 saturated carbocycles. The summed E-state index contributed by atoms with van der Waals surface area (Å²) in [4.78, 5) is 25.6. The molecule has 0 spiro atoms. The van der Waals surface area contributed by atoms with Crippen molar-refractivity contribution in [1.82, 2.24) is 0 Å². The monoisotopic (exact) mass is 396 g/mol. The molecule has 0 aliphatic heterocycles. The van der Waals surface area contributed by atoms with Crippen molar-refractivity contribution in [2.45, 2.75) is 117 Å². The number of rotatable bonds is 12. The minimum atomic E-state index is -0.326. The molecule has 0 aromatic carbocycles. The van der Waals surface area contributed by atoms with Gasteiger partial charge in [-0.15, -0.1) is 0 Å². The Bertz CT molecular complexity index is 369. The summed E-state index contributed by atoms with van der Waals surface area (Å²) in [6, 6.07) is 0. The van der Waals surface area contributed by atoms with Gasteiger partial charge in [0.1, 0.15) is 0 Å². The number of unbranched alkanes of at least 4 members (excludes halogenated alkanes) is 6. The molecule has 164 valence electrons. The van der Waals surface area contributed by atoms with Gasteiger partial charge in [-0.3, -0.25) is 9.59 Å². The molecule has 4 heteroatoms. The molecule has 0 heterocycles. The fourth-order valence-corrected chi connectivity index (χ4v) is 4.02. The first kappa shape index (κ1) is 25.0. The lowest BCUT2D eigenvalue weighted by Gasteiger charge is -2.25. The van der Waals surface area contributed by atoms with Crippen molar-refractivity contribution in [3.8, 4) is 0 Å². The van der Waals surface area contributed by atoms with Gasteiger partial charge in [-0.2, -0.15) is 0 Å². The van der Waals surface area contributed by atoms with Gasteiger partial charge in [0.25, 0.3) is 0 Å². The van der Waals surface area contributed by atoms with Crippen LogP contribution in [0.3, 0.4) is 0 Å². The van der Waals surface area contributed by atoms with Crippen molar-refractivity contribution >= 4 is 11.9 Å². The lowest BCUT2D eigenvalue weighted by Crippen LogP contribution is -2.33. The van der Waals surface area contributed by atoms with Crippen LogP contribution in [0.2, 0.25) is 0 Å². The van der Waals surface area contributed by atoms with E-state index in [2.05, 4.69) is 13.8 Å². The molecule has 0 aromatic rings. The van der Waals surface area contributed by atoms with Gasteiger partial charge >= 0.3 is 11.9 Å². The van der Waals surface area contributed by atoms with E-state index in [0.29, 0.717) is 13.2 Å². The molecule has 2 atom stereocenters. The van der Waals surface area contributed by atoms with E-state index in [-0.39, 0.29) is 23.8 Å². The maximum Gasteiger partial charge on any atom is 0.309 e. The summed E-state index contributed by atoms with van der Waals surface area (Å²) < 4.78 is 11.2. The van der Waals surface area contributed by atoms with Gasteiger partial charge < -0.3 is 9.47 Å². The summed E-state index contributed by atoms with van der Waals surface area (Å²) in [6.45, 7) is 5.30. The lowest BCUT2D eigenvalue weighted by atomic mass is 9.82. The second-order valence-electron chi connectivity index (χ2n) is 8.37. The van der Waals surface area contributed by atoms with E-state index in [1.54, 1.807) is 0 Å². The standard InChI is InChI=1S/C24H44O4/c1-3-5-7-15-19-27-23(25)21-17-13-11-9-10-12-14-18-22(21)24(26)28-20-16-8-6-4-2/h21-22H,3-20H2,1-2H3. The number of carbonyl (C=O) groups excluding carboxylic acids is 2. The highest BCUT2D eigenvalue weighted by atomic mass is 16.5. The quantitative estimate of drug-likeness (QED) is 0.275. The summed E-state index contributed by atoms with van der Waals surface area (Å²) in [5.74, 6) is -1.00. The van der Waals surface area contributed by atoms with Crippen LogP contribution in [0.1, 0.15) is 117 Å². The number of ether oxygens (including phenoxy) is 2. The Balaban J connectivity index is 2.60. The van der Waals surface area contributed by atoms with Crippen molar-refractivity contribution in [1.29, 1.82) is 0 Å². The van der Waals surface area contributed by atoms with E-state index in [1.807, 2.05) is 0 Å². The van der Waals surface area contributed by atoms with E-state index in [4.69, 9.17) is 9.47 Å². The number of hydrogen-bond donors (Lipinski definition) is 0. The fraction of sp³-hybridized carbons (Fsp3) is 0.917. The molecule has 1 aliphatic rings. The van der Waals surface area contributed by atoms with E-state index < -0.39 is 0 Å². The highest BCUT2D eigenvalue weighted by Crippen LogP contribution is 2.29. The molecule has 0 saturated heterocycles. The minimum Gasteiger partial charge on any atom is -0.465 e. The highest BCUT2D eigenvalue weighted by Gasteiger charge is 2.35. The predicted octanol–water partition coefficient (Wildman–Crippen LogP) is 6.60. The van der Waals surface area contributed by atoms with E-state index in [9.17, 15) is 9.59 Å². The van der Waals surface area contributed by atoms with Gasteiger partial charge in [-0.25, -0.2) is 0 Å². The number of carbonyl (C=O) groups is 2. The van der Waals surface area contributed by atoms with Crippen LogP contribution in [0.5, 0.6) is 0 Å². The van der Waals surface area contributed by atoms with Crippen LogP contribution in [-0.4, -0.2) is 25.2 Å². The first-order chi connectivity index (χ1) is 13.7. The average Bonchev–Trinajstić information content (AvgIpc) is 2.70. The van der Waals surface area contributed by atoms with Crippen LogP contribution in [0.4, 0.5) is 0 Å². The molecule has 0 amide bonds. The Labute approximate surface area is 173 Å². The Hall–Kier alpha value is -1.06. The second-order valence-corrected chi connectivity index (χ2v) is 8.37. The molecule has 0 bridgehead atoms. The summed E-state index contributed by atoms with van der Waals surface area (Å²) >= 11 is 0. The van der Waals surface area contributed by atoms with Crippen molar-refractivity contribution < 1.29 is 19.1 Å². The fourth-order valence-electron chi connectivity index (χ4n) is 4.02. The lowest BCUT2D eigenvalue weighted by molar-refractivity contribution is -0.162. The zero-order valence-corrected chi connectivity index (χ0v) is 18.5. The minimum absolute atomic E-state index is 0.176. The third-order valence-electron chi connectivity index (χ3n) is 5.86. The Morgan fingerprint density at radius 1 is 0.607 bits per heavy atom.